The number of likely N-dealkylation sites (tertiary alicyclic amines) is 1. The predicted octanol–water partition coefficient (Wildman–Crippen LogP) is 4.19. The number of hydrogen-bond acceptors (Lipinski definition) is 4. The number of nitrogens with one attached hydrogen (secondary N) is 1. The van der Waals surface area contributed by atoms with Crippen LogP contribution >= 0.6 is 11.6 Å². The molecule has 0 bridgehead atoms. The Morgan fingerprint density at radius 3 is 2.83 bits per heavy atom. The third-order valence-electron chi connectivity index (χ3n) is 6.33. The van der Waals surface area contributed by atoms with Gasteiger partial charge in [-0.05, 0) is 44.0 Å². The highest BCUT2D eigenvalue weighted by Crippen LogP contribution is 2.23. The highest BCUT2D eigenvalue weighted by atomic mass is 35.5. The number of aromatic amines is 1. The third-order valence-corrected chi connectivity index (χ3v) is 6.56. The van der Waals surface area contributed by atoms with Crippen molar-refractivity contribution in [3.05, 3.63) is 47.0 Å². The number of nitrogens with zero attached hydrogens (tertiary/aromatic N) is 4. The van der Waals surface area contributed by atoms with Crippen molar-refractivity contribution in [2.75, 3.05) is 44.2 Å². The molecule has 0 aliphatic carbocycles. The van der Waals surface area contributed by atoms with Crippen LogP contribution < -0.4 is 4.90 Å². The first-order chi connectivity index (χ1) is 14.2. The summed E-state index contributed by atoms with van der Waals surface area (Å²) in [7, 11) is 0. The lowest BCUT2D eigenvalue weighted by Crippen LogP contribution is -2.55. The maximum atomic E-state index is 6.17. The zero-order chi connectivity index (χ0) is 20.1. The normalized spacial score (nSPS) is 21.6. The lowest BCUT2D eigenvalue weighted by Gasteiger charge is -2.44. The van der Waals surface area contributed by atoms with Gasteiger partial charge in [-0.3, -0.25) is 9.80 Å². The molecule has 0 radical (unpaired) electrons. The van der Waals surface area contributed by atoms with E-state index >= 15 is 0 Å². The average Bonchev–Trinajstić information content (AvgIpc) is 3.20. The number of imidazole rings is 1. The standard InChI is InChI=1S/C23H34ClN5/c1-2-3-9-23-25-16-20(26-23)17-27-10-5-8-22(18-27)29-13-11-28(12-14-29)21-7-4-6-19(24)15-21/h4,6-7,15-16,22H,2-3,5,8-14,17-18H2,1H3,(H,25,26). The molecular weight excluding hydrogens is 382 g/mol. The molecule has 0 saturated carbocycles. The molecule has 1 atom stereocenters. The van der Waals surface area contributed by atoms with Crippen LogP contribution in [0, 0.1) is 0 Å². The molecule has 1 unspecified atom stereocenters. The zero-order valence-electron chi connectivity index (χ0n) is 17.6. The quantitative estimate of drug-likeness (QED) is 0.735. The van der Waals surface area contributed by atoms with Gasteiger partial charge in [0.15, 0.2) is 0 Å². The molecule has 1 N–H and O–H groups in total. The summed E-state index contributed by atoms with van der Waals surface area (Å²) in [5.41, 5.74) is 2.52. The van der Waals surface area contributed by atoms with E-state index in [4.69, 9.17) is 11.6 Å². The van der Waals surface area contributed by atoms with E-state index in [1.165, 1.54) is 50.2 Å². The number of piperidine rings is 1. The van der Waals surface area contributed by atoms with Crippen molar-refractivity contribution in [1.82, 2.24) is 19.8 Å². The Morgan fingerprint density at radius 2 is 2.03 bits per heavy atom. The number of aromatic nitrogens is 2. The highest BCUT2D eigenvalue weighted by molar-refractivity contribution is 6.30. The van der Waals surface area contributed by atoms with Gasteiger partial charge in [0.25, 0.3) is 0 Å². The summed E-state index contributed by atoms with van der Waals surface area (Å²) >= 11 is 6.17. The van der Waals surface area contributed by atoms with Crippen LogP contribution in [0.15, 0.2) is 30.5 Å². The Kier molecular flexibility index (Phi) is 7.11. The molecule has 158 valence electrons. The van der Waals surface area contributed by atoms with Crippen LogP contribution in [0.2, 0.25) is 5.02 Å². The van der Waals surface area contributed by atoms with Crippen LogP contribution in [0.25, 0.3) is 0 Å². The molecule has 1 aromatic heterocycles. The van der Waals surface area contributed by atoms with Gasteiger partial charge in [0, 0.05) is 74.3 Å². The van der Waals surface area contributed by atoms with E-state index < -0.39 is 0 Å². The second kappa shape index (κ2) is 9.96. The summed E-state index contributed by atoms with van der Waals surface area (Å²) < 4.78 is 0. The highest BCUT2D eigenvalue weighted by Gasteiger charge is 2.28. The number of piperazine rings is 1. The molecule has 0 amide bonds. The second-order valence-corrected chi connectivity index (χ2v) is 8.93. The van der Waals surface area contributed by atoms with E-state index in [1.54, 1.807) is 0 Å². The van der Waals surface area contributed by atoms with E-state index in [2.05, 4.69) is 43.7 Å². The number of hydrogen-bond donors (Lipinski definition) is 1. The second-order valence-electron chi connectivity index (χ2n) is 8.49. The summed E-state index contributed by atoms with van der Waals surface area (Å²) in [4.78, 5) is 15.9. The van der Waals surface area contributed by atoms with Crippen LogP contribution in [-0.2, 0) is 13.0 Å². The lowest BCUT2D eigenvalue weighted by molar-refractivity contribution is 0.0881. The van der Waals surface area contributed by atoms with Crippen molar-refractivity contribution >= 4 is 17.3 Å². The first kappa shape index (κ1) is 20.7. The van der Waals surface area contributed by atoms with Gasteiger partial charge < -0.3 is 9.88 Å². The maximum Gasteiger partial charge on any atom is 0.106 e. The van der Waals surface area contributed by atoms with Crippen LogP contribution in [0.3, 0.4) is 0 Å². The monoisotopic (exact) mass is 415 g/mol. The Bertz CT molecular complexity index is 768. The molecular formula is C23H34ClN5. The van der Waals surface area contributed by atoms with E-state index in [0.717, 1.165) is 50.0 Å². The predicted molar refractivity (Wildman–Crippen MR) is 121 cm³/mol. The summed E-state index contributed by atoms with van der Waals surface area (Å²) in [5, 5.41) is 0.824. The molecule has 2 saturated heterocycles. The molecule has 5 nitrogen and oxygen atoms in total. The Balaban J connectivity index is 1.27. The third kappa shape index (κ3) is 5.53. The molecule has 29 heavy (non-hydrogen) atoms. The molecule has 3 heterocycles. The van der Waals surface area contributed by atoms with Gasteiger partial charge in [-0.15, -0.1) is 0 Å². The van der Waals surface area contributed by atoms with Crippen LogP contribution in [0.1, 0.15) is 44.1 Å². The smallest absolute Gasteiger partial charge is 0.106 e. The van der Waals surface area contributed by atoms with Gasteiger partial charge in [0.2, 0.25) is 0 Å². The maximum absolute atomic E-state index is 6.17. The Hall–Kier alpha value is -1.56. The molecule has 2 aliphatic rings. The average molecular weight is 416 g/mol. The van der Waals surface area contributed by atoms with Gasteiger partial charge in [0.1, 0.15) is 5.82 Å². The largest absolute Gasteiger partial charge is 0.369 e. The molecule has 0 spiro atoms. The molecule has 6 heteroatoms. The van der Waals surface area contributed by atoms with Gasteiger partial charge >= 0.3 is 0 Å². The van der Waals surface area contributed by atoms with E-state index in [1.807, 2.05) is 18.3 Å². The first-order valence-corrected chi connectivity index (χ1v) is 11.6. The Morgan fingerprint density at radius 1 is 1.17 bits per heavy atom. The minimum Gasteiger partial charge on any atom is -0.369 e. The number of aryl methyl sites for hydroxylation is 1. The molecule has 2 fully saturated rings. The number of halogens is 1. The Labute approximate surface area is 180 Å². The van der Waals surface area contributed by atoms with Gasteiger partial charge in [-0.25, -0.2) is 4.98 Å². The zero-order valence-corrected chi connectivity index (χ0v) is 18.4. The SMILES string of the molecule is CCCCc1ncc(CN2CCCC(N3CCN(c4cccc(Cl)c4)CC3)C2)[nH]1. The molecule has 2 aliphatic heterocycles. The first-order valence-electron chi connectivity index (χ1n) is 11.2. The van der Waals surface area contributed by atoms with Crippen molar-refractivity contribution < 1.29 is 0 Å². The fourth-order valence-electron chi connectivity index (χ4n) is 4.69. The number of benzene rings is 1. The van der Waals surface area contributed by atoms with Crippen molar-refractivity contribution in [3.8, 4) is 0 Å². The summed E-state index contributed by atoms with van der Waals surface area (Å²) in [5.74, 6) is 1.15. The summed E-state index contributed by atoms with van der Waals surface area (Å²) in [6, 6.07) is 8.92. The fourth-order valence-corrected chi connectivity index (χ4v) is 4.87. The van der Waals surface area contributed by atoms with E-state index in [0.29, 0.717) is 6.04 Å². The van der Waals surface area contributed by atoms with Crippen LogP contribution in [0.5, 0.6) is 0 Å². The van der Waals surface area contributed by atoms with Crippen molar-refractivity contribution in [1.29, 1.82) is 0 Å². The topological polar surface area (TPSA) is 38.4 Å². The number of anilines is 1. The van der Waals surface area contributed by atoms with Crippen LogP contribution in [-0.4, -0.2) is 65.1 Å². The summed E-state index contributed by atoms with van der Waals surface area (Å²) in [6.45, 7) is 10.0. The van der Waals surface area contributed by atoms with Crippen molar-refractivity contribution in [2.45, 2.75) is 51.6 Å². The molecule has 1 aromatic carbocycles. The van der Waals surface area contributed by atoms with Gasteiger partial charge in [-0.1, -0.05) is 31.0 Å². The van der Waals surface area contributed by atoms with Crippen LogP contribution in [0.4, 0.5) is 5.69 Å². The van der Waals surface area contributed by atoms with Crippen molar-refractivity contribution in [3.63, 3.8) is 0 Å². The summed E-state index contributed by atoms with van der Waals surface area (Å²) in [6.07, 6.45) is 8.14. The number of H-pyrrole nitrogens is 1. The molecule has 2 aromatic rings. The van der Waals surface area contributed by atoms with Crippen molar-refractivity contribution in [2.24, 2.45) is 0 Å². The van der Waals surface area contributed by atoms with E-state index in [9.17, 15) is 0 Å². The lowest BCUT2D eigenvalue weighted by atomic mass is 10.0. The van der Waals surface area contributed by atoms with E-state index in [-0.39, 0.29) is 0 Å². The molecule has 4 rings (SSSR count). The number of rotatable bonds is 7. The fraction of sp³-hybridized carbons (Fsp3) is 0.609. The minimum absolute atomic E-state index is 0.674. The number of unbranched alkanes of at least 4 members (excludes halogenated alkanes) is 1. The van der Waals surface area contributed by atoms with Gasteiger partial charge in [-0.2, -0.15) is 0 Å². The van der Waals surface area contributed by atoms with Gasteiger partial charge in [0.05, 0.1) is 0 Å². The minimum atomic E-state index is 0.674.